The molecule has 17 heavy (non-hydrogen) atoms. The second-order valence-electron chi connectivity index (χ2n) is 4.09. The number of hydrogen-bond donors (Lipinski definition) is 1. The molecular weight excluding hydrogens is 242 g/mol. The van der Waals surface area contributed by atoms with Crippen LogP contribution in [0.2, 0.25) is 0 Å². The predicted octanol–water partition coefficient (Wildman–Crippen LogP) is -0.838. The Balaban J connectivity index is 2.00. The van der Waals surface area contributed by atoms with E-state index in [0.717, 1.165) is 6.42 Å². The highest BCUT2D eigenvalue weighted by Gasteiger charge is 2.26. The van der Waals surface area contributed by atoms with Crippen LogP contribution < -0.4 is 5.73 Å². The van der Waals surface area contributed by atoms with Gasteiger partial charge in [-0.3, -0.25) is 0 Å². The monoisotopic (exact) mass is 259 g/mol. The normalized spacial score (nSPS) is 17.0. The molecule has 0 atom stereocenters. The van der Waals surface area contributed by atoms with Gasteiger partial charge in [-0.1, -0.05) is 0 Å². The number of unbranched alkanes of at least 4 members (excludes halogenated alkanes) is 1. The minimum absolute atomic E-state index is 0.165. The molecule has 7 nitrogen and oxygen atoms in total. The first-order chi connectivity index (χ1) is 8.13. The quantitative estimate of drug-likeness (QED) is 0.696. The number of hydrogen-bond acceptors (Lipinski definition) is 5. The number of sulfonamides is 1. The topological polar surface area (TPSA) is 94.1 Å². The molecule has 0 saturated heterocycles. The van der Waals surface area contributed by atoms with Gasteiger partial charge in [-0.15, -0.1) is 10.2 Å². The third-order valence-electron chi connectivity index (χ3n) is 2.85. The minimum Gasteiger partial charge on any atom is -0.330 e. The lowest BCUT2D eigenvalue weighted by molar-refractivity contribution is 0.335. The van der Waals surface area contributed by atoms with Crippen molar-refractivity contribution >= 4 is 10.0 Å². The zero-order chi connectivity index (χ0) is 12.3. The standard InChI is InChI=1S/C9H17N5O2S/c10-3-1-2-6-17(15,16)14-5-4-13-8-11-12-9(13)7-14/h8H,1-7,10H2. The average Bonchev–Trinajstić information content (AvgIpc) is 2.76. The third-order valence-corrected chi connectivity index (χ3v) is 4.76. The van der Waals surface area contributed by atoms with Crippen LogP contribution in [0.3, 0.4) is 0 Å². The molecular formula is C9H17N5O2S. The smallest absolute Gasteiger partial charge is 0.214 e. The molecule has 0 radical (unpaired) electrons. The first-order valence-electron chi connectivity index (χ1n) is 5.68. The predicted molar refractivity (Wildman–Crippen MR) is 62.5 cm³/mol. The number of aromatic nitrogens is 3. The summed E-state index contributed by atoms with van der Waals surface area (Å²) in [6, 6.07) is 0. The van der Waals surface area contributed by atoms with Crippen LogP contribution in [-0.2, 0) is 23.1 Å². The molecule has 1 aliphatic rings. The highest BCUT2D eigenvalue weighted by molar-refractivity contribution is 7.89. The van der Waals surface area contributed by atoms with Gasteiger partial charge in [0, 0.05) is 13.1 Å². The van der Waals surface area contributed by atoms with E-state index in [0.29, 0.717) is 38.4 Å². The van der Waals surface area contributed by atoms with Crippen molar-refractivity contribution in [3.05, 3.63) is 12.2 Å². The van der Waals surface area contributed by atoms with Gasteiger partial charge >= 0.3 is 0 Å². The summed E-state index contributed by atoms with van der Waals surface area (Å²) in [5, 5.41) is 7.67. The Morgan fingerprint density at radius 3 is 2.94 bits per heavy atom. The summed E-state index contributed by atoms with van der Waals surface area (Å²) in [4.78, 5) is 0. The van der Waals surface area contributed by atoms with E-state index in [9.17, 15) is 8.42 Å². The maximum absolute atomic E-state index is 12.0. The summed E-state index contributed by atoms with van der Waals surface area (Å²) in [5.41, 5.74) is 5.36. The Morgan fingerprint density at radius 2 is 2.18 bits per heavy atom. The van der Waals surface area contributed by atoms with E-state index in [1.54, 1.807) is 6.33 Å². The molecule has 2 heterocycles. The number of fused-ring (bicyclic) bond motifs is 1. The lowest BCUT2D eigenvalue weighted by atomic mass is 10.3. The van der Waals surface area contributed by atoms with Crippen molar-refractivity contribution in [2.75, 3.05) is 18.8 Å². The summed E-state index contributed by atoms with van der Waals surface area (Å²) >= 11 is 0. The molecule has 0 bridgehead atoms. The van der Waals surface area contributed by atoms with Crippen molar-refractivity contribution in [2.45, 2.75) is 25.9 Å². The van der Waals surface area contributed by atoms with Gasteiger partial charge in [-0.2, -0.15) is 4.31 Å². The average molecular weight is 259 g/mol. The van der Waals surface area contributed by atoms with Gasteiger partial charge in [0.25, 0.3) is 0 Å². The van der Waals surface area contributed by atoms with Crippen molar-refractivity contribution in [1.82, 2.24) is 19.1 Å². The van der Waals surface area contributed by atoms with Gasteiger partial charge in [0.1, 0.15) is 12.2 Å². The second kappa shape index (κ2) is 5.11. The fraction of sp³-hybridized carbons (Fsp3) is 0.778. The van der Waals surface area contributed by atoms with E-state index in [1.807, 2.05) is 4.57 Å². The van der Waals surface area contributed by atoms with Gasteiger partial charge in [-0.25, -0.2) is 8.42 Å². The van der Waals surface area contributed by atoms with Crippen LogP contribution in [0.15, 0.2) is 6.33 Å². The SMILES string of the molecule is NCCCCS(=O)(=O)N1CCn2cnnc2C1. The highest BCUT2D eigenvalue weighted by atomic mass is 32.2. The molecule has 1 aliphatic heterocycles. The Hall–Kier alpha value is -0.990. The van der Waals surface area contributed by atoms with Crippen LogP contribution >= 0.6 is 0 Å². The van der Waals surface area contributed by atoms with E-state index >= 15 is 0 Å². The Morgan fingerprint density at radius 1 is 1.35 bits per heavy atom. The number of nitrogens with two attached hydrogens (primary N) is 1. The van der Waals surface area contributed by atoms with Crippen molar-refractivity contribution < 1.29 is 8.42 Å². The molecule has 0 unspecified atom stereocenters. The first kappa shape index (κ1) is 12.5. The summed E-state index contributed by atoms with van der Waals surface area (Å²) in [5.74, 6) is 0.872. The second-order valence-corrected chi connectivity index (χ2v) is 6.17. The molecule has 1 aromatic rings. The number of rotatable bonds is 5. The summed E-state index contributed by atoms with van der Waals surface area (Å²) in [6.45, 7) is 1.98. The molecule has 0 aliphatic carbocycles. The molecule has 8 heteroatoms. The van der Waals surface area contributed by atoms with Gasteiger partial charge in [0.15, 0.2) is 0 Å². The molecule has 0 aromatic carbocycles. The molecule has 1 aromatic heterocycles. The molecule has 0 fully saturated rings. The minimum atomic E-state index is -3.18. The zero-order valence-electron chi connectivity index (χ0n) is 9.62. The van der Waals surface area contributed by atoms with Crippen molar-refractivity contribution in [3.63, 3.8) is 0 Å². The fourth-order valence-corrected chi connectivity index (χ4v) is 3.34. The Bertz CT molecular complexity index is 469. The van der Waals surface area contributed by atoms with Gasteiger partial charge in [-0.05, 0) is 19.4 Å². The lowest BCUT2D eigenvalue weighted by Gasteiger charge is -2.26. The molecule has 0 saturated carbocycles. The van der Waals surface area contributed by atoms with Gasteiger partial charge in [0.05, 0.1) is 12.3 Å². The van der Waals surface area contributed by atoms with Crippen LogP contribution in [0, 0.1) is 0 Å². The van der Waals surface area contributed by atoms with Crippen LogP contribution in [0.4, 0.5) is 0 Å². The fourth-order valence-electron chi connectivity index (χ4n) is 1.84. The highest BCUT2D eigenvalue weighted by Crippen LogP contribution is 2.14. The summed E-state index contributed by atoms with van der Waals surface area (Å²) < 4.78 is 27.4. The molecule has 2 rings (SSSR count). The zero-order valence-corrected chi connectivity index (χ0v) is 10.4. The molecule has 0 spiro atoms. The van der Waals surface area contributed by atoms with Crippen molar-refractivity contribution in [1.29, 1.82) is 0 Å². The summed E-state index contributed by atoms with van der Waals surface area (Å²) in [7, 11) is -3.18. The van der Waals surface area contributed by atoms with Crippen LogP contribution in [-0.4, -0.2) is 46.3 Å². The molecule has 96 valence electrons. The van der Waals surface area contributed by atoms with Crippen LogP contribution in [0.1, 0.15) is 18.7 Å². The van der Waals surface area contributed by atoms with Gasteiger partial charge in [0.2, 0.25) is 10.0 Å². The van der Waals surface area contributed by atoms with E-state index in [2.05, 4.69) is 10.2 Å². The van der Waals surface area contributed by atoms with Crippen LogP contribution in [0.5, 0.6) is 0 Å². The van der Waals surface area contributed by atoms with E-state index in [-0.39, 0.29) is 5.75 Å². The largest absolute Gasteiger partial charge is 0.330 e. The van der Waals surface area contributed by atoms with Gasteiger partial charge < -0.3 is 10.3 Å². The van der Waals surface area contributed by atoms with Crippen LogP contribution in [0.25, 0.3) is 0 Å². The first-order valence-corrected chi connectivity index (χ1v) is 7.29. The van der Waals surface area contributed by atoms with E-state index < -0.39 is 10.0 Å². The Kier molecular flexibility index (Phi) is 3.75. The Labute approximate surface area is 101 Å². The van der Waals surface area contributed by atoms with Crippen molar-refractivity contribution in [2.24, 2.45) is 5.73 Å². The maximum Gasteiger partial charge on any atom is 0.214 e. The third kappa shape index (κ3) is 2.82. The van der Waals surface area contributed by atoms with E-state index in [1.165, 1.54) is 4.31 Å². The van der Waals surface area contributed by atoms with Crippen molar-refractivity contribution in [3.8, 4) is 0 Å². The molecule has 0 amide bonds. The summed E-state index contributed by atoms with van der Waals surface area (Å²) in [6.07, 6.45) is 2.99. The molecule has 2 N–H and O–H groups in total. The number of nitrogens with zero attached hydrogens (tertiary/aromatic N) is 4. The maximum atomic E-state index is 12.0. The lowest BCUT2D eigenvalue weighted by Crippen LogP contribution is -2.39. The van der Waals surface area contributed by atoms with E-state index in [4.69, 9.17) is 5.73 Å².